The van der Waals surface area contributed by atoms with E-state index in [1.165, 1.54) is 0 Å². The number of para-hydroxylation sites is 1. The number of hydrogen-bond acceptors (Lipinski definition) is 3. The molecule has 2 aromatic rings. The summed E-state index contributed by atoms with van der Waals surface area (Å²) in [7, 11) is -3.17. The summed E-state index contributed by atoms with van der Waals surface area (Å²) in [6, 6.07) is 14.6. The zero-order valence-electron chi connectivity index (χ0n) is 14.9. The van der Waals surface area contributed by atoms with Crippen LogP contribution in [0.4, 0.5) is 16.2 Å². The molecule has 26 heavy (non-hydrogen) atoms. The highest BCUT2D eigenvalue weighted by Crippen LogP contribution is 2.39. The molecule has 0 N–H and O–H groups in total. The third-order valence-corrected chi connectivity index (χ3v) is 7.01. The van der Waals surface area contributed by atoms with E-state index in [2.05, 4.69) is 0 Å². The SMILES string of the molecule is CCc1ccccc1N1C(=O)N(c2ccc(C)cc2)[C@@H]2CS(=O)(=O)C[C@@H]21. The van der Waals surface area contributed by atoms with Crippen molar-refractivity contribution < 1.29 is 13.2 Å². The topological polar surface area (TPSA) is 57.7 Å². The molecule has 5 nitrogen and oxygen atoms in total. The largest absolute Gasteiger partial charge is 0.329 e. The van der Waals surface area contributed by atoms with Crippen LogP contribution in [0.1, 0.15) is 18.1 Å². The van der Waals surface area contributed by atoms with E-state index < -0.39 is 9.84 Å². The van der Waals surface area contributed by atoms with Crippen molar-refractivity contribution in [3.05, 3.63) is 59.7 Å². The van der Waals surface area contributed by atoms with Crippen LogP contribution in [0.15, 0.2) is 48.5 Å². The third kappa shape index (κ3) is 2.69. The van der Waals surface area contributed by atoms with Crippen LogP contribution in [0.3, 0.4) is 0 Å². The molecule has 2 saturated heterocycles. The van der Waals surface area contributed by atoms with Crippen molar-refractivity contribution in [2.75, 3.05) is 21.3 Å². The summed E-state index contributed by atoms with van der Waals surface area (Å²) in [6.07, 6.45) is 0.786. The molecule has 0 bridgehead atoms. The maximum absolute atomic E-state index is 13.3. The number of carbonyl (C=O) groups excluding carboxylic acids is 1. The number of hydrogen-bond donors (Lipinski definition) is 0. The van der Waals surface area contributed by atoms with Gasteiger partial charge in [0.15, 0.2) is 9.84 Å². The van der Waals surface area contributed by atoms with Crippen molar-refractivity contribution in [1.82, 2.24) is 0 Å². The minimum Gasteiger partial charge on any atom is -0.288 e. The molecule has 2 aromatic carbocycles. The Kier molecular flexibility index (Phi) is 4.03. The number of benzene rings is 2. The average molecular weight is 370 g/mol. The van der Waals surface area contributed by atoms with E-state index in [4.69, 9.17) is 0 Å². The Morgan fingerprint density at radius 3 is 2.23 bits per heavy atom. The van der Waals surface area contributed by atoms with Crippen molar-refractivity contribution in [2.24, 2.45) is 0 Å². The molecule has 0 spiro atoms. The van der Waals surface area contributed by atoms with Gasteiger partial charge in [0.2, 0.25) is 0 Å². The Morgan fingerprint density at radius 1 is 0.962 bits per heavy atom. The number of nitrogens with zero attached hydrogens (tertiary/aromatic N) is 2. The Labute approximate surface area is 154 Å². The number of sulfone groups is 1. The van der Waals surface area contributed by atoms with Gasteiger partial charge in [0, 0.05) is 11.4 Å². The van der Waals surface area contributed by atoms with Gasteiger partial charge in [0.25, 0.3) is 0 Å². The van der Waals surface area contributed by atoms with Gasteiger partial charge < -0.3 is 0 Å². The van der Waals surface area contributed by atoms with Gasteiger partial charge in [-0.05, 0) is 37.1 Å². The van der Waals surface area contributed by atoms with Gasteiger partial charge >= 0.3 is 6.03 Å². The van der Waals surface area contributed by atoms with Crippen LogP contribution in [0.2, 0.25) is 0 Å². The monoisotopic (exact) mass is 370 g/mol. The highest BCUT2D eigenvalue weighted by Gasteiger charge is 2.54. The summed E-state index contributed by atoms with van der Waals surface area (Å²) in [5, 5.41) is 0. The molecule has 2 amide bonds. The maximum Gasteiger partial charge on any atom is 0.329 e. The van der Waals surface area contributed by atoms with E-state index in [1.54, 1.807) is 9.80 Å². The molecular formula is C20H22N2O3S. The first-order chi connectivity index (χ1) is 12.4. The summed E-state index contributed by atoms with van der Waals surface area (Å²) in [4.78, 5) is 16.7. The second-order valence-electron chi connectivity index (χ2n) is 7.05. The van der Waals surface area contributed by atoms with Gasteiger partial charge in [0.1, 0.15) is 0 Å². The van der Waals surface area contributed by atoms with Gasteiger partial charge in [0.05, 0.1) is 23.6 Å². The quantitative estimate of drug-likeness (QED) is 0.780. The number of carbonyl (C=O) groups is 1. The van der Waals surface area contributed by atoms with Gasteiger partial charge in [-0.3, -0.25) is 9.80 Å². The van der Waals surface area contributed by atoms with Crippen LogP contribution in [0.5, 0.6) is 0 Å². The summed E-state index contributed by atoms with van der Waals surface area (Å²) in [6.45, 7) is 4.03. The first-order valence-corrected chi connectivity index (χ1v) is 10.7. The lowest BCUT2D eigenvalue weighted by Gasteiger charge is -2.24. The third-order valence-electron chi connectivity index (χ3n) is 5.31. The van der Waals surface area contributed by atoms with E-state index in [1.807, 2.05) is 62.4 Å². The van der Waals surface area contributed by atoms with Gasteiger partial charge in [-0.2, -0.15) is 0 Å². The molecule has 0 saturated carbocycles. The second-order valence-corrected chi connectivity index (χ2v) is 9.21. The molecule has 136 valence electrons. The summed E-state index contributed by atoms with van der Waals surface area (Å²) in [5.41, 5.74) is 3.73. The van der Waals surface area contributed by atoms with E-state index in [9.17, 15) is 13.2 Å². The molecule has 0 aliphatic carbocycles. The van der Waals surface area contributed by atoms with Crippen molar-refractivity contribution in [2.45, 2.75) is 32.4 Å². The lowest BCUT2D eigenvalue weighted by molar-refractivity contribution is 0.255. The zero-order chi connectivity index (χ0) is 18.5. The Balaban J connectivity index is 1.83. The van der Waals surface area contributed by atoms with Crippen LogP contribution < -0.4 is 9.80 Å². The first kappa shape index (κ1) is 17.1. The molecule has 2 aliphatic rings. The van der Waals surface area contributed by atoms with Crippen LogP contribution in [0, 0.1) is 6.92 Å². The molecular weight excluding hydrogens is 348 g/mol. The Morgan fingerprint density at radius 2 is 1.58 bits per heavy atom. The predicted octanol–water partition coefficient (Wildman–Crippen LogP) is 3.17. The molecule has 6 heteroatoms. The van der Waals surface area contributed by atoms with Crippen LogP contribution >= 0.6 is 0 Å². The number of rotatable bonds is 3. The number of aryl methyl sites for hydroxylation is 2. The zero-order valence-corrected chi connectivity index (χ0v) is 15.7. The minimum absolute atomic E-state index is 0.0159. The molecule has 2 heterocycles. The summed E-state index contributed by atoms with van der Waals surface area (Å²) in [5.74, 6) is 0.0336. The molecule has 0 unspecified atom stereocenters. The predicted molar refractivity (Wildman–Crippen MR) is 104 cm³/mol. The van der Waals surface area contributed by atoms with Crippen molar-refractivity contribution in [3.63, 3.8) is 0 Å². The van der Waals surface area contributed by atoms with E-state index in [-0.39, 0.29) is 29.6 Å². The average Bonchev–Trinajstić information content (AvgIpc) is 3.04. The second kappa shape index (κ2) is 6.13. The normalized spacial score (nSPS) is 24.2. The highest BCUT2D eigenvalue weighted by molar-refractivity contribution is 7.91. The Hall–Kier alpha value is -2.34. The molecule has 0 aromatic heterocycles. The maximum atomic E-state index is 13.3. The smallest absolute Gasteiger partial charge is 0.288 e. The number of anilines is 2. The fourth-order valence-corrected chi connectivity index (χ4v) is 5.96. The molecule has 0 radical (unpaired) electrons. The van der Waals surface area contributed by atoms with Crippen molar-refractivity contribution >= 4 is 27.2 Å². The lowest BCUT2D eigenvalue weighted by Crippen LogP contribution is -2.38. The van der Waals surface area contributed by atoms with Crippen molar-refractivity contribution in [1.29, 1.82) is 0 Å². The number of fused-ring (bicyclic) bond motifs is 1. The van der Waals surface area contributed by atoms with Gasteiger partial charge in [-0.15, -0.1) is 0 Å². The lowest BCUT2D eigenvalue weighted by atomic mass is 10.1. The van der Waals surface area contributed by atoms with Crippen molar-refractivity contribution in [3.8, 4) is 0 Å². The van der Waals surface area contributed by atoms with E-state index >= 15 is 0 Å². The standard InChI is InChI=1S/C20H22N2O3S/c1-3-15-6-4-5-7-17(15)22-19-13-26(24,25)12-18(19)21(20(22)23)16-10-8-14(2)9-11-16/h4-11,18-19H,3,12-13H2,1-2H3/t18-,19+/m1/s1. The number of amides is 2. The van der Waals surface area contributed by atoms with Gasteiger partial charge in [-0.1, -0.05) is 42.8 Å². The highest BCUT2D eigenvalue weighted by atomic mass is 32.2. The van der Waals surface area contributed by atoms with E-state index in [0.717, 1.165) is 28.9 Å². The fourth-order valence-electron chi connectivity index (χ4n) is 4.04. The van der Waals surface area contributed by atoms with Crippen LogP contribution in [-0.4, -0.2) is 38.0 Å². The number of urea groups is 1. The molecule has 4 rings (SSSR count). The minimum atomic E-state index is -3.17. The molecule has 2 atom stereocenters. The fraction of sp³-hybridized carbons (Fsp3) is 0.350. The van der Waals surface area contributed by atoms with Crippen LogP contribution in [-0.2, 0) is 16.3 Å². The van der Waals surface area contributed by atoms with Crippen LogP contribution in [0.25, 0.3) is 0 Å². The molecule has 2 aliphatic heterocycles. The van der Waals surface area contributed by atoms with E-state index in [0.29, 0.717) is 0 Å². The first-order valence-electron chi connectivity index (χ1n) is 8.88. The van der Waals surface area contributed by atoms with Gasteiger partial charge in [-0.25, -0.2) is 13.2 Å². The summed E-state index contributed by atoms with van der Waals surface area (Å²) >= 11 is 0. The molecule has 2 fully saturated rings. The Bertz CT molecular complexity index is 953. The summed E-state index contributed by atoms with van der Waals surface area (Å²) < 4.78 is 24.7.